The van der Waals surface area contributed by atoms with Crippen LogP contribution in [-0.4, -0.2) is 23.3 Å². The lowest BCUT2D eigenvalue weighted by Crippen LogP contribution is -2.44. The summed E-state index contributed by atoms with van der Waals surface area (Å²) >= 11 is 0. The van der Waals surface area contributed by atoms with Gasteiger partial charge in [-0.1, -0.05) is 24.3 Å². The Hall–Kier alpha value is -2.96. The lowest BCUT2D eigenvalue weighted by molar-refractivity contribution is -0.144. The van der Waals surface area contributed by atoms with Crippen LogP contribution in [0.4, 0.5) is 13.2 Å². The van der Waals surface area contributed by atoms with Gasteiger partial charge < -0.3 is 9.53 Å². The van der Waals surface area contributed by atoms with Gasteiger partial charge in [-0.05, 0) is 80.2 Å². The topological polar surface area (TPSA) is 56.3 Å². The number of carbonyl (C=O) groups excluding carboxylic acids is 2. The second-order valence-electron chi connectivity index (χ2n) is 10.2. The number of carbonyl (C=O) groups is 2. The van der Waals surface area contributed by atoms with Gasteiger partial charge in [0.1, 0.15) is 12.4 Å². The summed E-state index contributed by atoms with van der Waals surface area (Å²) in [5.41, 5.74) is 1.09. The molecular weight excluding hydrogens is 455 g/mol. The summed E-state index contributed by atoms with van der Waals surface area (Å²) < 4.78 is 44.8. The number of cyclic esters (lactones) is 1. The van der Waals surface area contributed by atoms with E-state index in [-0.39, 0.29) is 35.7 Å². The fourth-order valence-corrected chi connectivity index (χ4v) is 6.54. The van der Waals surface area contributed by atoms with E-state index in [4.69, 9.17) is 4.74 Å². The van der Waals surface area contributed by atoms with Crippen molar-refractivity contribution in [2.75, 3.05) is 0 Å². The lowest BCUT2D eigenvalue weighted by Gasteiger charge is -2.46. The molecule has 2 aromatic rings. The quantitative estimate of drug-likeness (QED) is 0.383. The normalized spacial score (nSPS) is 32.7. The Labute approximate surface area is 202 Å². The number of ether oxygens (including phenoxy) is 1. The molecule has 1 aliphatic heterocycles. The van der Waals surface area contributed by atoms with E-state index in [1.807, 2.05) is 13.0 Å². The van der Waals surface area contributed by atoms with Crippen molar-refractivity contribution in [1.29, 1.82) is 0 Å². The van der Waals surface area contributed by atoms with Crippen molar-refractivity contribution in [3.05, 3.63) is 59.9 Å². The molecule has 0 N–H and O–H groups in total. The molecule has 3 aliphatic rings. The molecule has 0 amide bonds. The number of alkyl halides is 3. The predicted molar refractivity (Wildman–Crippen MR) is 125 cm³/mol. The molecule has 5 rings (SSSR count). The average Bonchev–Trinajstić information content (AvgIpc) is 3.14. The van der Waals surface area contributed by atoms with Crippen LogP contribution in [0.15, 0.2) is 48.7 Å². The molecule has 1 aromatic carbocycles. The Morgan fingerprint density at radius 3 is 2.63 bits per heavy atom. The molecule has 0 radical (unpaired) electrons. The van der Waals surface area contributed by atoms with Crippen molar-refractivity contribution < 1.29 is 27.5 Å². The number of hydrogen-bond donors (Lipinski definition) is 0. The molecule has 1 aromatic heterocycles. The third-order valence-corrected chi connectivity index (χ3v) is 8.18. The lowest BCUT2D eigenvalue weighted by atomic mass is 9.56. The summed E-state index contributed by atoms with van der Waals surface area (Å²) in [4.78, 5) is 28.4. The van der Waals surface area contributed by atoms with Crippen molar-refractivity contribution in [2.24, 2.45) is 35.5 Å². The van der Waals surface area contributed by atoms with E-state index in [9.17, 15) is 22.8 Å². The third kappa shape index (κ3) is 4.65. The Morgan fingerprint density at radius 1 is 1.09 bits per heavy atom. The molecule has 2 saturated carbocycles. The molecule has 2 aliphatic carbocycles. The molecule has 7 atom stereocenters. The first-order valence-electron chi connectivity index (χ1n) is 12.2. The largest absolute Gasteiger partial charge is 0.462 e. The van der Waals surface area contributed by atoms with Crippen LogP contribution in [0.3, 0.4) is 0 Å². The van der Waals surface area contributed by atoms with E-state index in [0.717, 1.165) is 44.1 Å². The SMILES string of the molecule is C[C@H]1OC(=O)[C@@H]2C[C@@H]3C[C@H](C=O)CC[C@H]3[C@H](C=Cc3ccc(-c4cccc(C(F)(F)F)c4)cn3)[C@H]12. The van der Waals surface area contributed by atoms with E-state index >= 15 is 0 Å². The summed E-state index contributed by atoms with van der Waals surface area (Å²) in [6.07, 6.45) is 5.62. The van der Waals surface area contributed by atoms with E-state index in [1.165, 1.54) is 6.07 Å². The number of allylic oxidation sites excluding steroid dienone is 1. The number of esters is 1. The van der Waals surface area contributed by atoms with Gasteiger partial charge >= 0.3 is 12.1 Å². The molecule has 0 spiro atoms. The van der Waals surface area contributed by atoms with E-state index < -0.39 is 11.7 Å². The van der Waals surface area contributed by atoms with Gasteiger partial charge in [-0.15, -0.1) is 0 Å². The van der Waals surface area contributed by atoms with Gasteiger partial charge in [-0.3, -0.25) is 9.78 Å². The van der Waals surface area contributed by atoms with Gasteiger partial charge in [0.2, 0.25) is 0 Å². The molecular formula is C28H28F3NO3. The van der Waals surface area contributed by atoms with Crippen LogP contribution in [0, 0.1) is 35.5 Å². The van der Waals surface area contributed by atoms with Crippen LogP contribution in [0.5, 0.6) is 0 Å². The zero-order valence-electron chi connectivity index (χ0n) is 19.4. The first kappa shape index (κ1) is 23.8. The Balaban J connectivity index is 1.38. The monoisotopic (exact) mass is 483 g/mol. The maximum absolute atomic E-state index is 13.1. The Bertz CT molecular complexity index is 1130. The second-order valence-corrected chi connectivity index (χ2v) is 10.2. The third-order valence-electron chi connectivity index (χ3n) is 8.18. The number of fused-ring (bicyclic) bond motifs is 2. The van der Waals surface area contributed by atoms with Crippen molar-refractivity contribution >= 4 is 18.3 Å². The maximum Gasteiger partial charge on any atom is 0.416 e. The summed E-state index contributed by atoms with van der Waals surface area (Å²) in [6.45, 7) is 1.96. The molecule has 3 fully saturated rings. The number of aldehydes is 1. The second kappa shape index (κ2) is 9.25. The first-order valence-corrected chi connectivity index (χ1v) is 12.2. The summed E-state index contributed by atoms with van der Waals surface area (Å²) in [5.74, 6) is 0.778. The van der Waals surface area contributed by atoms with E-state index in [1.54, 1.807) is 24.4 Å². The van der Waals surface area contributed by atoms with Gasteiger partial charge in [-0.25, -0.2) is 0 Å². The molecule has 184 valence electrons. The van der Waals surface area contributed by atoms with Crippen LogP contribution in [0.25, 0.3) is 17.2 Å². The number of aromatic nitrogens is 1. The molecule has 1 saturated heterocycles. The highest BCUT2D eigenvalue weighted by molar-refractivity contribution is 5.75. The number of benzene rings is 1. The van der Waals surface area contributed by atoms with Gasteiger partial charge in [0.25, 0.3) is 0 Å². The molecule has 0 unspecified atom stereocenters. The van der Waals surface area contributed by atoms with Crippen molar-refractivity contribution in [3.8, 4) is 11.1 Å². The molecule has 4 nitrogen and oxygen atoms in total. The van der Waals surface area contributed by atoms with Crippen LogP contribution < -0.4 is 0 Å². The summed E-state index contributed by atoms with van der Waals surface area (Å²) in [5, 5.41) is 0. The van der Waals surface area contributed by atoms with E-state index in [0.29, 0.717) is 28.7 Å². The minimum Gasteiger partial charge on any atom is -0.462 e. The zero-order chi connectivity index (χ0) is 24.7. The van der Waals surface area contributed by atoms with Crippen molar-refractivity contribution in [1.82, 2.24) is 4.98 Å². The molecule has 7 heteroatoms. The first-order chi connectivity index (χ1) is 16.7. The number of hydrogen-bond acceptors (Lipinski definition) is 4. The highest BCUT2D eigenvalue weighted by Gasteiger charge is 2.54. The van der Waals surface area contributed by atoms with Gasteiger partial charge in [0.05, 0.1) is 17.2 Å². The van der Waals surface area contributed by atoms with Crippen molar-refractivity contribution in [2.45, 2.75) is 44.9 Å². The fourth-order valence-electron chi connectivity index (χ4n) is 6.54. The molecule has 2 heterocycles. The van der Waals surface area contributed by atoms with Crippen molar-refractivity contribution in [3.63, 3.8) is 0 Å². The van der Waals surface area contributed by atoms with Gasteiger partial charge in [0.15, 0.2) is 0 Å². The van der Waals surface area contributed by atoms with E-state index in [2.05, 4.69) is 11.1 Å². The Morgan fingerprint density at radius 2 is 1.91 bits per heavy atom. The van der Waals surface area contributed by atoms with Gasteiger partial charge in [0, 0.05) is 23.6 Å². The van der Waals surface area contributed by atoms with Crippen LogP contribution >= 0.6 is 0 Å². The summed E-state index contributed by atoms with van der Waals surface area (Å²) in [6, 6.07) is 8.79. The average molecular weight is 484 g/mol. The maximum atomic E-state index is 13.1. The van der Waals surface area contributed by atoms with Crippen LogP contribution in [0.2, 0.25) is 0 Å². The number of pyridine rings is 1. The minimum atomic E-state index is -4.39. The number of rotatable bonds is 4. The smallest absolute Gasteiger partial charge is 0.416 e. The molecule has 0 bridgehead atoms. The van der Waals surface area contributed by atoms with Crippen LogP contribution in [-0.2, 0) is 20.5 Å². The predicted octanol–water partition coefficient (Wildman–Crippen LogP) is 6.21. The molecule has 35 heavy (non-hydrogen) atoms. The Kier molecular flexibility index (Phi) is 6.28. The highest BCUT2D eigenvalue weighted by atomic mass is 19.4. The minimum absolute atomic E-state index is 0.0670. The van der Waals surface area contributed by atoms with Crippen LogP contribution in [0.1, 0.15) is 43.9 Å². The standard InChI is InChI=1S/C28H28F3NO3/c1-16-26-24(23-9-5-17(15-33)11-20(23)13-25(26)27(34)35-16)10-8-22-7-6-19(14-32-22)18-3-2-4-21(12-18)28(29,30)31/h2-4,6-8,10,12,14-17,20,23-26H,5,9,11,13H2,1H3/t16-,17-,20+,23-,24+,25-,26+/m1/s1. The van der Waals surface area contributed by atoms with Gasteiger partial charge in [-0.2, -0.15) is 13.2 Å². The number of nitrogens with zero attached hydrogens (tertiary/aromatic N) is 1. The fraction of sp³-hybridized carbons (Fsp3) is 0.464. The number of halogens is 3. The zero-order valence-corrected chi connectivity index (χ0v) is 19.4. The summed E-state index contributed by atoms with van der Waals surface area (Å²) in [7, 11) is 0. The highest BCUT2D eigenvalue weighted by Crippen LogP contribution is 2.54.